The van der Waals surface area contributed by atoms with E-state index in [4.69, 9.17) is 4.74 Å². The van der Waals surface area contributed by atoms with Crippen molar-refractivity contribution in [2.45, 2.75) is 50.0 Å². The van der Waals surface area contributed by atoms with Crippen molar-refractivity contribution in [3.8, 4) is 5.75 Å². The number of aromatic hydroxyl groups is 1. The van der Waals surface area contributed by atoms with E-state index in [1.54, 1.807) is 6.07 Å². The van der Waals surface area contributed by atoms with Gasteiger partial charge in [0, 0.05) is 5.41 Å². The molecule has 1 spiro atoms. The van der Waals surface area contributed by atoms with Gasteiger partial charge in [-0.2, -0.15) is 0 Å². The van der Waals surface area contributed by atoms with E-state index in [9.17, 15) is 15.0 Å². The minimum Gasteiger partial charge on any atom is -0.508 e. The second-order valence-corrected chi connectivity index (χ2v) is 7.48. The number of carbonyl (C=O) groups excluding carboxylic acids is 1. The molecule has 0 unspecified atom stereocenters. The van der Waals surface area contributed by atoms with Crippen LogP contribution in [-0.4, -0.2) is 28.9 Å². The van der Waals surface area contributed by atoms with Crippen molar-refractivity contribution in [1.82, 2.24) is 0 Å². The van der Waals surface area contributed by atoms with Crippen LogP contribution in [0.5, 0.6) is 5.75 Å². The van der Waals surface area contributed by atoms with Gasteiger partial charge in [-0.05, 0) is 66.9 Å². The average Bonchev–Trinajstić information content (AvgIpc) is 2.90. The summed E-state index contributed by atoms with van der Waals surface area (Å²) >= 11 is 0. The number of phenolic OH excluding ortho intramolecular Hbond substituents is 1. The second-order valence-electron chi connectivity index (χ2n) is 7.48. The zero-order valence-electron chi connectivity index (χ0n) is 13.6. The van der Waals surface area contributed by atoms with Crippen LogP contribution in [0.25, 0.3) is 0 Å². The van der Waals surface area contributed by atoms with Crippen LogP contribution in [0.2, 0.25) is 0 Å². The smallest absolute Gasteiger partial charge is 0.313 e. The lowest BCUT2D eigenvalue weighted by molar-refractivity contribution is -0.147. The van der Waals surface area contributed by atoms with Gasteiger partial charge in [0.05, 0.1) is 18.6 Å². The zero-order chi connectivity index (χ0) is 16.6. The molecule has 3 aliphatic carbocycles. The molecule has 0 aliphatic heterocycles. The highest BCUT2D eigenvalue weighted by Gasteiger charge is 2.66. The molecule has 0 radical (unpaired) electrons. The van der Waals surface area contributed by atoms with E-state index >= 15 is 0 Å². The van der Waals surface area contributed by atoms with Crippen molar-refractivity contribution >= 4 is 5.97 Å². The van der Waals surface area contributed by atoms with Crippen molar-refractivity contribution in [2.24, 2.45) is 5.41 Å². The predicted molar refractivity (Wildman–Crippen MR) is 85.3 cm³/mol. The Morgan fingerprint density at radius 3 is 2.87 bits per heavy atom. The zero-order valence-corrected chi connectivity index (χ0v) is 13.6. The highest BCUT2D eigenvalue weighted by atomic mass is 16.5. The van der Waals surface area contributed by atoms with Gasteiger partial charge in [0.15, 0.2) is 0 Å². The standard InChI is InChI=1S/C19H22O4/c1-10-8-18-9-19(10,22)7-6-13(18)12-4-5-14(20)11(2)15(12)16(18)17(21)23-3/h4-5,13,16,20,22H,1,6-9H2,2-3H3/t13-,16+,18-,19-/m0/s1. The molecule has 2 fully saturated rings. The molecule has 0 heterocycles. The minimum atomic E-state index is -0.860. The van der Waals surface area contributed by atoms with Gasteiger partial charge < -0.3 is 14.9 Å². The summed E-state index contributed by atoms with van der Waals surface area (Å²) in [5.74, 6) is -0.299. The topological polar surface area (TPSA) is 66.8 Å². The molecule has 4 heteroatoms. The molecule has 2 bridgehead atoms. The van der Waals surface area contributed by atoms with Crippen LogP contribution in [-0.2, 0) is 9.53 Å². The molecule has 4 atom stereocenters. The summed E-state index contributed by atoms with van der Waals surface area (Å²) in [7, 11) is 1.41. The number of hydrogen-bond acceptors (Lipinski definition) is 4. The molecule has 1 aromatic carbocycles. The number of methoxy groups -OCH3 is 1. The third-order valence-corrected chi connectivity index (χ3v) is 6.56. The normalized spacial score (nSPS) is 37.4. The Bertz CT molecular complexity index is 737. The maximum atomic E-state index is 12.7. The fraction of sp³-hybridized carbons (Fsp3) is 0.526. The van der Waals surface area contributed by atoms with Crippen LogP contribution in [0.4, 0.5) is 0 Å². The Kier molecular flexibility index (Phi) is 2.81. The van der Waals surface area contributed by atoms with Crippen molar-refractivity contribution in [3.63, 3.8) is 0 Å². The van der Waals surface area contributed by atoms with E-state index < -0.39 is 11.5 Å². The number of esters is 1. The monoisotopic (exact) mass is 314 g/mol. The number of rotatable bonds is 1. The van der Waals surface area contributed by atoms with Gasteiger partial charge in [0.1, 0.15) is 5.75 Å². The van der Waals surface area contributed by atoms with Crippen LogP contribution < -0.4 is 0 Å². The van der Waals surface area contributed by atoms with Gasteiger partial charge in [-0.3, -0.25) is 4.79 Å². The summed E-state index contributed by atoms with van der Waals surface area (Å²) < 4.78 is 5.12. The molecule has 4 nitrogen and oxygen atoms in total. The van der Waals surface area contributed by atoms with Crippen LogP contribution in [0.15, 0.2) is 24.3 Å². The predicted octanol–water partition coefficient (Wildman–Crippen LogP) is 2.92. The first-order valence-electron chi connectivity index (χ1n) is 8.15. The summed E-state index contributed by atoms with van der Waals surface area (Å²) in [6, 6.07) is 3.66. The molecule has 1 aromatic rings. The Hall–Kier alpha value is -1.81. The average molecular weight is 314 g/mol. The summed E-state index contributed by atoms with van der Waals surface area (Å²) in [4.78, 5) is 12.7. The largest absolute Gasteiger partial charge is 0.508 e. The summed E-state index contributed by atoms with van der Waals surface area (Å²) in [6.45, 7) is 5.95. The first-order chi connectivity index (χ1) is 10.8. The highest BCUT2D eigenvalue weighted by molar-refractivity contribution is 5.83. The second kappa shape index (κ2) is 4.38. The minimum absolute atomic E-state index is 0.208. The Labute approximate surface area is 135 Å². The van der Waals surface area contributed by atoms with Crippen LogP contribution in [0, 0.1) is 12.3 Å². The van der Waals surface area contributed by atoms with Gasteiger partial charge in [0.25, 0.3) is 0 Å². The molecule has 4 rings (SSSR count). The quantitative estimate of drug-likeness (QED) is 0.618. The van der Waals surface area contributed by atoms with E-state index in [2.05, 4.69) is 6.58 Å². The van der Waals surface area contributed by atoms with Crippen molar-refractivity contribution in [1.29, 1.82) is 0 Å². The molecule has 2 N–H and O–H groups in total. The highest BCUT2D eigenvalue weighted by Crippen LogP contribution is 2.71. The maximum absolute atomic E-state index is 12.7. The lowest BCUT2D eigenvalue weighted by Crippen LogP contribution is -2.40. The Balaban J connectivity index is 1.98. The number of phenols is 1. The van der Waals surface area contributed by atoms with Crippen LogP contribution in [0.3, 0.4) is 0 Å². The molecule has 2 saturated carbocycles. The number of carbonyl (C=O) groups is 1. The van der Waals surface area contributed by atoms with E-state index in [1.807, 2.05) is 13.0 Å². The number of hydrogen-bond donors (Lipinski definition) is 2. The van der Waals surface area contributed by atoms with Gasteiger partial charge in [-0.1, -0.05) is 12.6 Å². The number of benzene rings is 1. The molecule has 0 amide bonds. The summed E-state index contributed by atoms with van der Waals surface area (Å²) in [5, 5.41) is 21.0. The van der Waals surface area contributed by atoms with Crippen LogP contribution >= 0.6 is 0 Å². The van der Waals surface area contributed by atoms with Crippen molar-refractivity contribution < 1.29 is 19.7 Å². The van der Waals surface area contributed by atoms with Gasteiger partial charge in [0.2, 0.25) is 0 Å². The number of ether oxygens (including phenoxy) is 1. The van der Waals surface area contributed by atoms with Crippen molar-refractivity contribution in [2.75, 3.05) is 7.11 Å². The Morgan fingerprint density at radius 1 is 1.43 bits per heavy atom. The van der Waals surface area contributed by atoms with E-state index in [0.717, 1.165) is 28.7 Å². The van der Waals surface area contributed by atoms with E-state index in [1.165, 1.54) is 7.11 Å². The SMILES string of the molecule is C=C1C[C@]23C[C@@]1(O)CC[C@H]2c1ccc(O)c(C)c1[C@@H]3C(=O)OC. The third-order valence-electron chi connectivity index (χ3n) is 6.56. The van der Waals surface area contributed by atoms with Gasteiger partial charge >= 0.3 is 5.97 Å². The molecular weight excluding hydrogens is 292 g/mol. The number of aliphatic hydroxyl groups is 1. The van der Waals surface area contributed by atoms with E-state index in [0.29, 0.717) is 19.3 Å². The first kappa shape index (κ1) is 14.8. The molecule has 3 aliphatic rings. The molecule has 0 aromatic heterocycles. The molecule has 122 valence electrons. The first-order valence-corrected chi connectivity index (χ1v) is 8.15. The third kappa shape index (κ3) is 1.62. The maximum Gasteiger partial charge on any atom is 0.313 e. The molecule has 23 heavy (non-hydrogen) atoms. The van der Waals surface area contributed by atoms with E-state index in [-0.39, 0.29) is 23.1 Å². The lowest BCUT2D eigenvalue weighted by atomic mass is 9.63. The Morgan fingerprint density at radius 2 is 2.17 bits per heavy atom. The van der Waals surface area contributed by atoms with Gasteiger partial charge in [-0.25, -0.2) is 0 Å². The fourth-order valence-corrected chi connectivity index (χ4v) is 5.53. The number of fused-ring (bicyclic) bond motifs is 3. The molecular formula is C19H22O4. The molecule has 0 saturated heterocycles. The fourth-order valence-electron chi connectivity index (χ4n) is 5.53. The van der Waals surface area contributed by atoms with Gasteiger partial charge in [-0.15, -0.1) is 0 Å². The van der Waals surface area contributed by atoms with Crippen LogP contribution in [0.1, 0.15) is 54.2 Å². The lowest BCUT2D eigenvalue weighted by Gasteiger charge is -2.41. The van der Waals surface area contributed by atoms with Crippen molar-refractivity contribution in [3.05, 3.63) is 41.0 Å². The summed E-state index contributed by atoms with van der Waals surface area (Å²) in [5.41, 5.74) is 2.40. The summed E-state index contributed by atoms with van der Waals surface area (Å²) in [6.07, 6.45) is 2.71.